The van der Waals surface area contributed by atoms with Crippen LogP contribution in [0.25, 0.3) is 10.9 Å². The number of rotatable bonds is 7. The molecule has 0 bridgehead atoms. The summed E-state index contributed by atoms with van der Waals surface area (Å²) in [6, 6.07) is 5.32. The van der Waals surface area contributed by atoms with Gasteiger partial charge in [0.25, 0.3) is 0 Å². The maximum atomic E-state index is 13.3. The van der Waals surface area contributed by atoms with Gasteiger partial charge in [-0.05, 0) is 36.1 Å². The Bertz CT molecular complexity index is 788. The lowest BCUT2D eigenvalue weighted by Crippen LogP contribution is -2.52. The summed E-state index contributed by atoms with van der Waals surface area (Å²) in [4.78, 5) is 9.99. The number of aromatic amines is 1. The zero-order valence-corrected chi connectivity index (χ0v) is 19.8. The fourth-order valence-corrected chi connectivity index (χ4v) is 3.80. The van der Waals surface area contributed by atoms with Crippen molar-refractivity contribution in [2.75, 3.05) is 46.4 Å². The zero-order valence-electron chi connectivity index (χ0n) is 17.5. The first kappa shape index (κ1) is 23.9. The van der Waals surface area contributed by atoms with E-state index in [-0.39, 0.29) is 29.8 Å². The molecule has 0 radical (unpaired) electrons. The van der Waals surface area contributed by atoms with E-state index in [2.05, 4.69) is 39.4 Å². The van der Waals surface area contributed by atoms with E-state index in [9.17, 15) is 4.39 Å². The van der Waals surface area contributed by atoms with Crippen LogP contribution in [0.3, 0.4) is 0 Å². The van der Waals surface area contributed by atoms with E-state index in [4.69, 9.17) is 4.74 Å². The molecule has 1 aliphatic rings. The molecule has 1 unspecified atom stereocenters. The first-order valence-corrected chi connectivity index (χ1v) is 10.1. The number of ether oxygens (including phenoxy) is 1. The van der Waals surface area contributed by atoms with Crippen LogP contribution in [0, 0.1) is 11.7 Å². The standard InChI is InChI=1S/C21H32FN5O.HI/c1-15(2)20(27-8-10-28-11-9-27)14-26-21(23-3)24-7-6-16-13-25-19-12-17(22)4-5-18(16)19;/h4-5,12-13,15,20,25H,6-11,14H2,1-3H3,(H2,23,24,26);1H. The molecule has 0 aliphatic carbocycles. The van der Waals surface area contributed by atoms with Gasteiger partial charge in [0.2, 0.25) is 0 Å². The zero-order chi connectivity index (χ0) is 19.9. The summed E-state index contributed by atoms with van der Waals surface area (Å²) in [7, 11) is 1.79. The number of aromatic nitrogens is 1. The third-order valence-electron chi connectivity index (χ3n) is 5.40. The van der Waals surface area contributed by atoms with Crippen LogP contribution in [-0.4, -0.2) is 68.3 Å². The molecule has 162 valence electrons. The maximum Gasteiger partial charge on any atom is 0.191 e. The molecule has 0 saturated carbocycles. The number of halogens is 2. The van der Waals surface area contributed by atoms with Crippen molar-refractivity contribution in [2.45, 2.75) is 26.3 Å². The molecule has 3 N–H and O–H groups in total. The van der Waals surface area contributed by atoms with Gasteiger partial charge in [0.15, 0.2) is 5.96 Å². The van der Waals surface area contributed by atoms with E-state index in [1.165, 1.54) is 17.7 Å². The molecular weight excluding hydrogens is 484 g/mol. The van der Waals surface area contributed by atoms with Gasteiger partial charge < -0.3 is 20.4 Å². The molecule has 1 aromatic heterocycles. The fourth-order valence-electron chi connectivity index (χ4n) is 3.80. The monoisotopic (exact) mass is 517 g/mol. The molecule has 2 aromatic rings. The molecule has 1 atom stereocenters. The number of benzene rings is 1. The molecule has 1 aliphatic heterocycles. The molecule has 2 heterocycles. The van der Waals surface area contributed by atoms with Crippen LogP contribution < -0.4 is 10.6 Å². The number of hydrogen-bond donors (Lipinski definition) is 3. The van der Waals surface area contributed by atoms with Gasteiger partial charge in [-0.3, -0.25) is 9.89 Å². The lowest BCUT2D eigenvalue weighted by molar-refractivity contribution is 0.00752. The highest BCUT2D eigenvalue weighted by Crippen LogP contribution is 2.19. The summed E-state index contributed by atoms with van der Waals surface area (Å²) >= 11 is 0. The topological polar surface area (TPSA) is 64.7 Å². The van der Waals surface area contributed by atoms with Crippen LogP contribution in [0.5, 0.6) is 0 Å². The van der Waals surface area contributed by atoms with Crippen LogP contribution >= 0.6 is 24.0 Å². The summed E-state index contributed by atoms with van der Waals surface area (Å²) in [5.41, 5.74) is 2.01. The van der Waals surface area contributed by atoms with Crippen molar-refractivity contribution in [3.05, 3.63) is 35.8 Å². The van der Waals surface area contributed by atoms with Gasteiger partial charge in [-0.2, -0.15) is 0 Å². The van der Waals surface area contributed by atoms with Gasteiger partial charge >= 0.3 is 0 Å². The van der Waals surface area contributed by atoms with Gasteiger partial charge in [-0.25, -0.2) is 4.39 Å². The van der Waals surface area contributed by atoms with Crippen molar-refractivity contribution in [2.24, 2.45) is 10.9 Å². The summed E-state index contributed by atoms with van der Waals surface area (Å²) in [5, 5.41) is 7.93. The van der Waals surface area contributed by atoms with E-state index < -0.39 is 0 Å². The van der Waals surface area contributed by atoms with Crippen LogP contribution in [-0.2, 0) is 11.2 Å². The molecule has 8 heteroatoms. The van der Waals surface area contributed by atoms with Crippen molar-refractivity contribution in [3.63, 3.8) is 0 Å². The van der Waals surface area contributed by atoms with Crippen molar-refractivity contribution in [1.82, 2.24) is 20.5 Å². The largest absolute Gasteiger partial charge is 0.379 e. The third-order valence-corrected chi connectivity index (χ3v) is 5.40. The van der Waals surface area contributed by atoms with Gasteiger partial charge in [0.05, 0.1) is 13.2 Å². The quantitative estimate of drug-likeness (QED) is 0.300. The summed E-state index contributed by atoms with van der Waals surface area (Å²) in [6.45, 7) is 9.72. The Hall–Kier alpha value is -1.39. The minimum absolute atomic E-state index is 0. The van der Waals surface area contributed by atoms with Crippen LogP contribution in [0.15, 0.2) is 29.4 Å². The molecule has 0 spiro atoms. The average Bonchev–Trinajstić information content (AvgIpc) is 3.09. The Kier molecular flexibility index (Phi) is 9.64. The number of nitrogens with zero attached hydrogens (tertiary/aromatic N) is 2. The molecule has 6 nitrogen and oxygen atoms in total. The summed E-state index contributed by atoms with van der Waals surface area (Å²) in [6.07, 6.45) is 2.79. The lowest BCUT2D eigenvalue weighted by Gasteiger charge is -2.37. The summed E-state index contributed by atoms with van der Waals surface area (Å²) < 4.78 is 18.8. The Morgan fingerprint density at radius 1 is 1.28 bits per heavy atom. The van der Waals surface area contributed by atoms with E-state index >= 15 is 0 Å². The Labute approximate surface area is 189 Å². The van der Waals surface area contributed by atoms with Crippen LogP contribution in [0.2, 0.25) is 0 Å². The maximum absolute atomic E-state index is 13.3. The Morgan fingerprint density at radius 2 is 2.03 bits per heavy atom. The van der Waals surface area contributed by atoms with Crippen molar-refractivity contribution >= 4 is 40.8 Å². The fraction of sp³-hybridized carbons (Fsp3) is 0.571. The van der Waals surface area contributed by atoms with E-state index in [0.717, 1.165) is 62.7 Å². The lowest BCUT2D eigenvalue weighted by atomic mass is 10.0. The van der Waals surface area contributed by atoms with Crippen molar-refractivity contribution in [1.29, 1.82) is 0 Å². The second-order valence-electron chi connectivity index (χ2n) is 7.59. The third kappa shape index (κ3) is 6.55. The van der Waals surface area contributed by atoms with Crippen LogP contribution in [0.1, 0.15) is 19.4 Å². The number of H-pyrrole nitrogens is 1. The molecule has 1 fully saturated rings. The molecule has 29 heavy (non-hydrogen) atoms. The van der Waals surface area contributed by atoms with Gasteiger partial charge in [0.1, 0.15) is 5.82 Å². The van der Waals surface area contributed by atoms with Gasteiger partial charge in [-0.1, -0.05) is 13.8 Å². The number of fused-ring (bicyclic) bond motifs is 1. The molecule has 1 aromatic carbocycles. The highest BCUT2D eigenvalue weighted by molar-refractivity contribution is 14.0. The average molecular weight is 517 g/mol. The molecule has 0 amide bonds. The van der Waals surface area contributed by atoms with Gasteiger partial charge in [-0.15, -0.1) is 24.0 Å². The number of hydrogen-bond acceptors (Lipinski definition) is 3. The Morgan fingerprint density at radius 3 is 2.72 bits per heavy atom. The molecule has 1 saturated heterocycles. The van der Waals surface area contributed by atoms with E-state index in [0.29, 0.717) is 12.0 Å². The van der Waals surface area contributed by atoms with Crippen LogP contribution in [0.4, 0.5) is 4.39 Å². The minimum atomic E-state index is -0.219. The first-order valence-electron chi connectivity index (χ1n) is 10.1. The smallest absolute Gasteiger partial charge is 0.191 e. The second-order valence-corrected chi connectivity index (χ2v) is 7.59. The number of morpholine rings is 1. The highest BCUT2D eigenvalue weighted by Gasteiger charge is 2.23. The minimum Gasteiger partial charge on any atom is -0.379 e. The molecule has 3 rings (SSSR count). The molecular formula is C21H33FIN5O. The number of aliphatic imine (C=N–C) groups is 1. The van der Waals surface area contributed by atoms with Crippen molar-refractivity contribution in [3.8, 4) is 0 Å². The second kappa shape index (κ2) is 11.7. The van der Waals surface area contributed by atoms with E-state index in [1.54, 1.807) is 7.05 Å². The predicted molar refractivity (Wildman–Crippen MR) is 128 cm³/mol. The number of nitrogens with one attached hydrogen (secondary N) is 3. The van der Waals surface area contributed by atoms with Gasteiger partial charge in [0, 0.05) is 56.4 Å². The predicted octanol–water partition coefficient (Wildman–Crippen LogP) is 2.99. The SMILES string of the molecule is CN=C(NCCc1c[nH]c2cc(F)ccc12)NCC(C(C)C)N1CCOCC1.I. The first-order chi connectivity index (χ1) is 13.6. The van der Waals surface area contributed by atoms with E-state index in [1.807, 2.05) is 12.3 Å². The Balaban J connectivity index is 0.00000300. The summed E-state index contributed by atoms with van der Waals surface area (Å²) in [5.74, 6) is 1.14. The number of guanidine groups is 1. The normalized spacial score (nSPS) is 16.7. The highest BCUT2D eigenvalue weighted by atomic mass is 127. The van der Waals surface area contributed by atoms with Crippen molar-refractivity contribution < 1.29 is 9.13 Å².